The van der Waals surface area contributed by atoms with Crippen molar-refractivity contribution in [2.24, 2.45) is 0 Å². The topological polar surface area (TPSA) is 46.2 Å². The van der Waals surface area contributed by atoms with E-state index < -0.39 is 9.84 Å². The predicted molar refractivity (Wildman–Crippen MR) is 79.6 cm³/mol. The predicted octanol–water partition coefficient (Wildman–Crippen LogP) is 2.40. The van der Waals surface area contributed by atoms with Crippen molar-refractivity contribution in [3.05, 3.63) is 34.3 Å². The minimum Gasteiger partial charge on any atom is -0.317 e. The summed E-state index contributed by atoms with van der Waals surface area (Å²) in [5.41, 5.74) is 1.25. The van der Waals surface area contributed by atoms with Crippen LogP contribution in [-0.4, -0.2) is 33.5 Å². The Labute approximate surface area is 118 Å². The Morgan fingerprint density at radius 1 is 1.39 bits per heavy atom. The standard InChI is InChI=1S/C13H20BrNO2S/c1-15-13(7-4-8-18(2,16)17)10-11-5-3-6-12(14)9-11/h3,5-6,9,13,15H,4,7-8,10H2,1-2H3. The van der Waals surface area contributed by atoms with E-state index in [1.165, 1.54) is 11.8 Å². The number of hydrogen-bond donors (Lipinski definition) is 1. The SMILES string of the molecule is CNC(CCCS(C)(=O)=O)Cc1cccc(Br)c1. The van der Waals surface area contributed by atoms with Gasteiger partial charge in [-0.25, -0.2) is 8.42 Å². The molecule has 18 heavy (non-hydrogen) atoms. The average Bonchev–Trinajstić information content (AvgIpc) is 2.26. The van der Waals surface area contributed by atoms with Crippen molar-refractivity contribution in [1.82, 2.24) is 5.32 Å². The van der Waals surface area contributed by atoms with E-state index in [2.05, 4.69) is 33.4 Å². The van der Waals surface area contributed by atoms with Gasteiger partial charge in [-0.15, -0.1) is 0 Å². The summed E-state index contributed by atoms with van der Waals surface area (Å²) in [4.78, 5) is 0. The van der Waals surface area contributed by atoms with Crippen molar-refractivity contribution >= 4 is 25.8 Å². The third-order valence-corrected chi connectivity index (χ3v) is 4.37. The second-order valence-corrected chi connectivity index (χ2v) is 7.77. The number of hydrogen-bond acceptors (Lipinski definition) is 3. The Morgan fingerprint density at radius 3 is 2.67 bits per heavy atom. The smallest absolute Gasteiger partial charge is 0.147 e. The van der Waals surface area contributed by atoms with Gasteiger partial charge < -0.3 is 5.32 Å². The summed E-state index contributed by atoms with van der Waals surface area (Å²) < 4.78 is 23.2. The first-order valence-electron chi connectivity index (χ1n) is 6.00. The molecule has 0 aromatic heterocycles. The van der Waals surface area contributed by atoms with Gasteiger partial charge in [-0.05, 0) is 44.0 Å². The van der Waals surface area contributed by atoms with E-state index in [9.17, 15) is 8.42 Å². The molecule has 0 aliphatic carbocycles. The van der Waals surface area contributed by atoms with E-state index >= 15 is 0 Å². The quantitative estimate of drug-likeness (QED) is 0.833. The van der Waals surface area contributed by atoms with Crippen molar-refractivity contribution in [2.75, 3.05) is 19.1 Å². The molecule has 0 radical (unpaired) electrons. The fourth-order valence-corrected chi connectivity index (χ4v) is 3.03. The Bertz CT molecular complexity index is 474. The van der Waals surface area contributed by atoms with Gasteiger partial charge in [0.15, 0.2) is 0 Å². The molecular weight excluding hydrogens is 314 g/mol. The van der Waals surface area contributed by atoms with Gasteiger partial charge in [-0.2, -0.15) is 0 Å². The molecule has 0 bridgehead atoms. The first-order valence-corrected chi connectivity index (χ1v) is 8.85. The molecule has 5 heteroatoms. The van der Waals surface area contributed by atoms with Crippen LogP contribution in [0.5, 0.6) is 0 Å². The summed E-state index contributed by atoms with van der Waals surface area (Å²) in [6.45, 7) is 0. The zero-order valence-electron chi connectivity index (χ0n) is 10.8. The molecule has 1 rings (SSSR count). The minimum atomic E-state index is -2.84. The van der Waals surface area contributed by atoms with Crippen molar-refractivity contribution in [1.29, 1.82) is 0 Å². The van der Waals surface area contributed by atoms with Gasteiger partial charge in [0, 0.05) is 22.5 Å². The number of rotatable bonds is 7. The maximum absolute atomic E-state index is 11.1. The summed E-state index contributed by atoms with van der Waals surface area (Å²) in [5.74, 6) is 0.268. The number of sulfone groups is 1. The number of benzene rings is 1. The molecule has 0 saturated carbocycles. The van der Waals surface area contributed by atoms with E-state index in [4.69, 9.17) is 0 Å². The molecule has 0 amide bonds. The van der Waals surface area contributed by atoms with Crippen LogP contribution in [0.1, 0.15) is 18.4 Å². The van der Waals surface area contributed by atoms with Gasteiger partial charge in [-0.3, -0.25) is 0 Å². The lowest BCUT2D eigenvalue weighted by atomic mass is 10.0. The van der Waals surface area contributed by atoms with E-state index in [-0.39, 0.29) is 5.75 Å². The lowest BCUT2D eigenvalue weighted by Gasteiger charge is -2.16. The largest absolute Gasteiger partial charge is 0.317 e. The molecule has 1 unspecified atom stereocenters. The third kappa shape index (κ3) is 6.52. The molecule has 0 heterocycles. The highest BCUT2D eigenvalue weighted by Crippen LogP contribution is 2.14. The van der Waals surface area contributed by atoms with E-state index in [1.807, 2.05) is 19.2 Å². The van der Waals surface area contributed by atoms with Gasteiger partial charge >= 0.3 is 0 Å². The van der Waals surface area contributed by atoms with Crippen LogP contribution in [0.4, 0.5) is 0 Å². The van der Waals surface area contributed by atoms with Crippen LogP contribution in [0.2, 0.25) is 0 Å². The van der Waals surface area contributed by atoms with Crippen LogP contribution in [0.15, 0.2) is 28.7 Å². The maximum Gasteiger partial charge on any atom is 0.147 e. The Kier molecular flexibility index (Phi) is 6.32. The van der Waals surface area contributed by atoms with Crippen molar-refractivity contribution < 1.29 is 8.42 Å². The summed E-state index contributed by atoms with van der Waals surface area (Å²) >= 11 is 3.45. The molecular formula is C13H20BrNO2S. The molecule has 0 aliphatic heterocycles. The Balaban J connectivity index is 2.47. The van der Waals surface area contributed by atoms with Crippen LogP contribution in [-0.2, 0) is 16.3 Å². The normalized spacial score (nSPS) is 13.5. The van der Waals surface area contributed by atoms with Gasteiger partial charge in [0.25, 0.3) is 0 Å². The van der Waals surface area contributed by atoms with Gasteiger partial charge in [0.1, 0.15) is 9.84 Å². The summed E-state index contributed by atoms with van der Waals surface area (Å²) in [5, 5.41) is 3.25. The van der Waals surface area contributed by atoms with Crippen molar-refractivity contribution in [2.45, 2.75) is 25.3 Å². The molecule has 102 valence electrons. The second kappa shape index (κ2) is 7.26. The molecule has 0 fully saturated rings. The Hall–Kier alpha value is -0.390. The van der Waals surface area contributed by atoms with Gasteiger partial charge in [-0.1, -0.05) is 28.1 Å². The first kappa shape index (κ1) is 15.7. The maximum atomic E-state index is 11.1. The third-order valence-electron chi connectivity index (χ3n) is 2.85. The number of likely N-dealkylation sites (N-methyl/N-ethyl adjacent to an activating group) is 1. The summed E-state index contributed by atoms with van der Waals surface area (Å²) in [6, 6.07) is 8.53. The van der Waals surface area contributed by atoms with Gasteiger partial charge in [0.2, 0.25) is 0 Å². The van der Waals surface area contributed by atoms with Crippen LogP contribution < -0.4 is 5.32 Å². The minimum absolute atomic E-state index is 0.268. The van der Waals surface area contributed by atoms with Crippen LogP contribution in [0, 0.1) is 0 Å². The summed E-state index contributed by atoms with van der Waals surface area (Å²) in [6.07, 6.45) is 3.78. The fourth-order valence-electron chi connectivity index (χ4n) is 1.89. The molecule has 0 saturated heterocycles. The molecule has 1 aromatic rings. The van der Waals surface area contributed by atoms with Crippen LogP contribution in [0.3, 0.4) is 0 Å². The number of nitrogens with one attached hydrogen (secondary N) is 1. The highest BCUT2D eigenvalue weighted by molar-refractivity contribution is 9.10. The molecule has 1 N–H and O–H groups in total. The van der Waals surface area contributed by atoms with E-state index in [1.54, 1.807) is 0 Å². The fraction of sp³-hybridized carbons (Fsp3) is 0.538. The van der Waals surface area contributed by atoms with E-state index in [0.717, 1.165) is 17.3 Å². The molecule has 1 aromatic carbocycles. The summed E-state index contributed by atoms with van der Waals surface area (Å²) in [7, 11) is -0.923. The lowest BCUT2D eigenvalue weighted by Crippen LogP contribution is -2.28. The molecule has 0 spiro atoms. The van der Waals surface area contributed by atoms with Crippen LogP contribution in [0.25, 0.3) is 0 Å². The zero-order chi connectivity index (χ0) is 13.6. The lowest BCUT2D eigenvalue weighted by molar-refractivity contribution is 0.511. The molecule has 0 aliphatic rings. The Morgan fingerprint density at radius 2 is 2.11 bits per heavy atom. The first-order chi connectivity index (χ1) is 8.40. The van der Waals surface area contributed by atoms with Crippen molar-refractivity contribution in [3.63, 3.8) is 0 Å². The molecule has 3 nitrogen and oxygen atoms in total. The second-order valence-electron chi connectivity index (χ2n) is 4.59. The van der Waals surface area contributed by atoms with Gasteiger partial charge in [0.05, 0.1) is 0 Å². The monoisotopic (exact) mass is 333 g/mol. The van der Waals surface area contributed by atoms with E-state index in [0.29, 0.717) is 12.5 Å². The molecule has 1 atom stereocenters. The average molecular weight is 334 g/mol. The zero-order valence-corrected chi connectivity index (χ0v) is 13.2. The highest BCUT2D eigenvalue weighted by atomic mass is 79.9. The van der Waals surface area contributed by atoms with Crippen molar-refractivity contribution in [3.8, 4) is 0 Å². The van der Waals surface area contributed by atoms with Crippen LogP contribution >= 0.6 is 15.9 Å². The number of halogens is 1. The highest BCUT2D eigenvalue weighted by Gasteiger charge is 2.09.